The molecule has 1 N–H and O–H groups in total. The van der Waals surface area contributed by atoms with Crippen LogP contribution in [0.1, 0.15) is 5.76 Å². The van der Waals surface area contributed by atoms with Gasteiger partial charge in [-0.25, -0.2) is 0 Å². The van der Waals surface area contributed by atoms with Crippen molar-refractivity contribution < 1.29 is 9.21 Å². The maximum atomic E-state index is 11.9. The van der Waals surface area contributed by atoms with E-state index in [1.54, 1.807) is 41.3 Å². The number of nitrogens with one attached hydrogen (secondary N) is 1. The molecule has 0 aliphatic carbocycles. The molecule has 0 saturated carbocycles. The van der Waals surface area contributed by atoms with Crippen LogP contribution < -0.4 is 5.32 Å². The van der Waals surface area contributed by atoms with Crippen LogP contribution >= 0.6 is 11.8 Å². The standard InChI is InChI=1S/C15H13N5O2S/c1-23-15-17-18-19-20(15)12-5-2-4-11(10-12)16-14(21)8-7-13-6-3-9-22-13/h2-10H,1H3,(H,16,21). The normalized spacial score (nSPS) is 11.0. The summed E-state index contributed by atoms with van der Waals surface area (Å²) < 4.78 is 6.74. The average molecular weight is 327 g/mol. The van der Waals surface area contributed by atoms with Gasteiger partial charge in [0.2, 0.25) is 11.1 Å². The van der Waals surface area contributed by atoms with Gasteiger partial charge >= 0.3 is 0 Å². The number of benzene rings is 1. The zero-order valence-electron chi connectivity index (χ0n) is 12.2. The second-order valence-electron chi connectivity index (χ2n) is 4.47. The molecule has 116 valence electrons. The number of hydrogen-bond acceptors (Lipinski definition) is 6. The van der Waals surface area contributed by atoms with Gasteiger partial charge in [-0.15, -0.1) is 5.10 Å². The van der Waals surface area contributed by atoms with E-state index >= 15 is 0 Å². The number of carbonyl (C=O) groups excluding carboxylic acids is 1. The van der Waals surface area contributed by atoms with Gasteiger partial charge in [-0.2, -0.15) is 4.68 Å². The molecule has 0 spiro atoms. The van der Waals surface area contributed by atoms with Gasteiger partial charge < -0.3 is 9.73 Å². The topological polar surface area (TPSA) is 85.8 Å². The molecule has 7 nitrogen and oxygen atoms in total. The molecule has 1 aromatic carbocycles. The summed E-state index contributed by atoms with van der Waals surface area (Å²) in [6.45, 7) is 0. The van der Waals surface area contributed by atoms with E-state index in [0.717, 1.165) is 5.69 Å². The third-order valence-electron chi connectivity index (χ3n) is 2.92. The molecule has 0 atom stereocenters. The first-order chi connectivity index (χ1) is 11.3. The fraction of sp³-hybridized carbons (Fsp3) is 0.0667. The lowest BCUT2D eigenvalue weighted by Gasteiger charge is -2.06. The molecule has 0 radical (unpaired) electrons. The first kappa shape index (κ1) is 15.0. The number of rotatable bonds is 5. The second-order valence-corrected chi connectivity index (χ2v) is 5.24. The molecular formula is C15H13N5O2S. The van der Waals surface area contributed by atoms with Crippen molar-refractivity contribution in [1.29, 1.82) is 0 Å². The Hall–Kier alpha value is -2.87. The van der Waals surface area contributed by atoms with Gasteiger partial charge in [-0.1, -0.05) is 17.8 Å². The number of carbonyl (C=O) groups is 1. The van der Waals surface area contributed by atoms with E-state index in [1.807, 2.05) is 18.4 Å². The highest BCUT2D eigenvalue weighted by atomic mass is 32.2. The smallest absolute Gasteiger partial charge is 0.248 e. The van der Waals surface area contributed by atoms with E-state index in [4.69, 9.17) is 4.42 Å². The molecule has 0 fully saturated rings. The zero-order chi connectivity index (χ0) is 16.1. The van der Waals surface area contributed by atoms with Crippen molar-refractivity contribution in [3.8, 4) is 5.69 Å². The summed E-state index contributed by atoms with van der Waals surface area (Å²) in [5.74, 6) is 0.368. The van der Waals surface area contributed by atoms with Gasteiger partial charge in [0.15, 0.2) is 0 Å². The molecule has 0 bridgehead atoms. The molecule has 2 heterocycles. The summed E-state index contributed by atoms with van der Waals surface area (Å²) >= 11 is 1.44. The van der Waals surface area contributed by atoms with Crippen molar-refractivity contribution in [2.24, 2.45) is 0 Å². The van der Waals surface area contributed by atoms with Crippen molar-refractivity contribution >= 4 is 29.4 Å². The van der Waals surface area contributed by atoms with E-state index in [9.17, 15) is 4.79 Å². The number of nitrogens with zero attached hydrogens (tertiary/aromatic N) is 4. The highest BCUT2D eigenvalue weighted by Crippen LogP contribution is 2.18. The fourth-order valence-electron chi connectivity index (χ4n) is 1.91. The van der Waals surface area contributed by atoms with E-state index < -0.39 is 0 Å². The van der Waals surface area contributed by atoms with Crippen LogP contribution in [0.5, 0.6) is 0 Å². The lowest BCUT2D eigenvalue weighted by Crippen LogP contribution is -2.08. The number of tetrazole rings is 1. The van der Waals surface area contributed by atoms with Crippen molar-refractivity contribution in [2.75, 3.05) is 11.6 Å². The minimum absolute atomic E-state index is 0.250. The second kappa shape index (κ2) is 6.93. The Balaban J connectivity index is 1.74. The van der Waals surface area contributed by atoms with Gasteiger partial charge in [-0.05, 0) is 53.1 Å². The Morgan fingerprint density at radius 1 is 1.35 bits per heavy atom. The van der Waals surface area contributed by atoms with Crippen LogP contribution in [0.2, 0.25) is 0 Å². The van der Waals surface area contributed by atoms with E-state index in [2.05, 4.69) is 20.8 Å². The summed E-state index contributed by atoms with van der Waals surface area (Å²) in [5, 5.41) is 15.0. The molecule has 8 heteroatoms. The lowest BCUT2D eigenvalue weighted by molar-refractivity contribution is -0.111. The largest absolute Gasteiger partial charge is 0.465 e. The maximum Gasteiger partial charge on any atom is 0.248 e. The molecule has 0 aliphatic heterocycles. The Bertz CT molecular complexity index is 826. The Labute approximate surface area is 136 Å². The van der Waals surface area contributed by atoms with Gasteiger partial charge in [0.25, 0.3) is 0 Å². The molecule has 0 saturated heterocycles. The molecule has 3 aromatic rings. The SMILES string of the molecule is CSc1nnnn1-c1cccc(NC(=O)C=Cc2ccco2)c1. The van der Waals surface area contributed by atoms with Gasteiger partial charge in [-0.3, -0.25) is 4.79 Å². The highest BCUT2D eigenvalue weighted by Gasteiger charge is 2.08. The van der Waals surface area contributed by atoms with E-state index in [-0.39, 0.29) is 5.91 Å². The first-order valence-electron chi connectivity index (χ1n) is 6.71. The van der Waals surface area contributed by atoms with E-state index in [1.165, 1.54) is 17.8 Å². The molecule has 0 aliphatic rings. The monoisotopic (exact) mass is 327 g/mol. The Morgan fingerprint density at radius 2 is 2.26 bits per heavy atom. The summed E-state index contributed by atoms with van der Waals surface area (Å²) in [7, 11) is 0. The van der Waals surface area contributed by atoms with Crippen LogP contribution in [0.4, 0.5) is 5.69 Å². The van der Waals surface area contributed by atoms with Crippen LogP contribution in [0.15, 0.2) is 58.3 Å². The minimum Gasteiger partial charge on any atom is -0.465 e. The quantitative estimate of drug-likeness (QED) is 0.573. The van der Waals surface area contributed by atoms with Crippen LogP contribution in [0.25, 0.3) is 11.8 Å². The van der Waals surface area contributed by atoms with Gasteiger partial charge in [0.1, 0.15) is 5.76 Å². The number of hydrogen-bond donors (Lipinski definition) is 1. The molecule has 2 aromatic heterocycles. The molecule has 0 unspecified atom stereocenters. The van der Waals surface area contributed by atoms with Crippen LogP contribution in [-0.4, -0.2) is 32.4 Å². The Morgan fingerprint density at radius 3 is 3.04 bits per heavy atom. The highest BCUT2D eigenvalue weighted by molar-refractivity contribution is 7.98. The number of amides is 1. The molecule has 3 rings (SSSR count). The third-order valence-corrected chi connectivity index (χ3v) is 3.54. The van der Waals surface area contributed by atoms with Crippen molar-refractivity contribution in [1.82, 2.24) is 20.2 Å². The predicted molar refractivity (Wildman–Crippen MR) is 87.3 cm³/mol. The summed E-state index contributed by atoms with van der Waals surface area (Å²) in [6, 6.07) is 10.8. The zero-order valence-corrected chi connectivity index (χ0v) is 13.0. The minimum atomic E-state index is -0.250. The third kappa shape index (κ3) is 3.67. The number of thioether (sulfide) groups is 1. The van der Waals surface area contributed by atoms with Crippen LogP contribution in [0, 0.1) is 0 Å². The van der Waals surface area contributed by atoms with Crippen LogP contribution in [-0.2, 0) is 4.79 Å². The molecule has 23 heavy (non-hydrogen) atoms. The summed E-state index contributed by atoms with van der Waals surface area (Å²) in [4.78, 5) is 11.9. The van der Waals surface area contributed by atoms with E-state index in [0.29, 0.717) is 16.6 Å². The average Bonchev–Trinajstić information content (AvgIpc) is 3.24. The predicted octanol–water partition coefficient (Wildman–Crippen LogP) is 2.63. The number of anilines is 1. The fourth-order valence-corrected chi connectivity index (χ4v) is 2.34. The first-order valence-corrected chi connectivity index (χ1v) is 7.94. The lowest BCUT2D eigenvalue weighted by atomic mass is 10.2. The van der Waals surface area contributed by atoms with Crippen LogP contribution in [0.3, 0.4) is 0 Å². The summed E-state index contributed by atoms with van der Waals surface area (Å²) in [6.07, 6.45) is 6.46. The van der Waals surface area contributed by atoms with Crippen molar-refractivity contribution in [2.45, 2.75) is 5.16 Å². The van der Waals surface area contributed by atoms with Gasteiger partial charge in [0.05, 0.1) is 12.0 Å². The molecule has 1 amide bonds. The number of furan rings is 1. The number of aromatic nitrogens is 4. The maximum absolute atomic E-state index is 11.9. The van der Waals surface area contributed by atoms with Crippen molar-refractivity contribution in [3.63, 3.8) is 0 Å². The molecular weight excluding hydrogens is 314 g/mol. The Kier molecular flexibility index (Phi) is 4.53. The van der Waals surface area contributed by atoms with Gasteiger partial charge in [0, 0.05) is 11.8 Å². The summed E-state index contributed by atoms with van der Waals surface area (Å²) in [5.41, 5.74) is 1.42. The van der Waals surface area contributed by atoms with Crippen molar-refractivity contribution in [3.05, 3.63) is 54.5 Å².